The number of benzene rings is 1. The Morgan fingerprint density at radius 1 is 1.31 bits per heavy atom. The van der Waals surface area contributed by atoms with Crippen molar-refractivity contribution in [2.75, 3.05) is 19.6 Å². The van der Waals surface area contributed by atoms with Gasteiger partial charge in [0.05, 0.1) is 17.0 Å². The Morgan fingerprint density at radius 3 is 2.84 bits per heavy atom. The van der Waals surface area contributed by atoms with Crippen molar-refractivity contribution in [1.29, 1.82) is 0 Å². The molecule has 4 aliphatic rings. The van der Waals surface area contributed by atoms with Gasteiger partial charge in [-0.1, -0.05) is 6.07 Å². The van der Waals surface area contributed by atoms with Gasteiger partial charge in [-0.05, 0) is 50.3 Å². The Labute approximate surface area is 184 Å². The summed E-state index contributed by atoms with van der Waals surface area (Å²) in [7, 11) is 0. The van der Waals surface area contributed by atoms with Gasteiger partial charge in [-0.15, -0.1) is 0 Å². The summed E-state index contributed by atoms with van der Waals surface area (Å²) in [5, 5.41) is 13.0. The molecule has 3 aliphatic heterocycles. The number of nitrogens with one attached hydrogen (secondary N) is 1. The largest absolute Gasteiger partial charge is 0.389 e. The third kappa shape index (κ3) is 3.00. The van der Waals surface area contributed by atoms with Gasteiger partial charge in [-0.3, -0.25) is 24.8 Å². The number of nitrogens with zero attached hydrogens (tertiary/aromatic N) is 2. The third-order valence-corrected chi connectivity index (χ3v) is 7.76. The van der Waals surface area contributed by atoms with Crippen LogP contribution in [0.2, 0.25) is 0 Å². The van der Waals surface area contributed by atoms with E-state index in [1.165, 1.54) is 0 Å². The summed E-state index contributed by atoms with van der Waals surface area (Å²) in [5.41, 5.74) is -0.0764. The molecule has 1 saturated carbocycles. The number of carbonyl (C=O) groups excluding carboxylic acids is 2. The quantitative estimate of drug-likeness (QED) is 0.560. The van der Waals surface area contributed by atoms with Crippen molar-refractivity contribution in [3.05, 3.63) is 41.3 Å². The fourth-order valence-corrected chi connectivity index (χ4v) is 5.68. The second-order valence-electron chi connectivity index (χ2n) is 10.1. The van der Waals surface area contributed by atoms with Gasteiger partial charge in [0.2, 0.25) is 11.8 Å². The van der Waals surface area contributed by atoms with E-state index in [1.54, 1.807) is 24.4 Å². The van der Waals surface area contributed by atoms with Crippen LogP contribution in [0, 0.1) is 5.82 Å². The predicted molar refractivity (Wildman–Crippen MR) is 113 cm³/mol. The summed E-state index contributed by atoms with van der Waals surface area (Å²) >= 11 is 0. The number of aromatic nitrogens is 1. The standard InChI is InChI=1S/C24H26FN3O4/c1-22-12-28(13-23(31)6-7-23)9-8-24(22,32-22)17-3-4-18-16(20(17)25)10-14(11-26-18)15-2-5-19(29)27-21(15)30/h3-4,10-11,15,31H,2,5-9,12-13H2,1H3,(H,27,29,30). The summed E-state index contributed by atoms with van der Waals surface area (Å²) in [6, 6.07) is 5.26. The van der Waals surface area contributed by atoms with Gasteiger partial charge in [-0.2, -0.15) is 0 Å². The van der Waals surface area contributed by atoms with Gasteiger partial charge in [0.25, 0.3) is 0 Å². The molecule has 4 heterocycles. The average Bonchev–Trinajstić information content (AvgIpc) is 3.63. The lowest BCUT2D eigenvalue weighted by Crippen LogP contribution is -2.47. The fraction of sp³-hybridized carbons (Fsp3) is 0.542. The molecule has 3 unspecified atom stereocenters. The first kappa shape index (κ1) is 20.2. The Bertz CT molecular complexity index is 1170. The van der Waals surface area contributed by atoms with Crippen LogP contribution in [0.1, 0.15) is 56.1 Å². The van der Waals surface area contributed by atoms with E-state index in [-0.39, 0.29) is 24.1 Å². The molecule has 3 atom stereocenters. The zero-order valence-electron chi connectivity index (χ0n) is 18.0. The van der Waals surface area contributed by atoms with Crippen molar-refractivity contribution in [3.8, 4) is 0 Å². The lowest BCUT2D eigenvalue weighted by molar-refractivity contribution is -0.134. The third-order valence-electron chi connectivity index (χ3n) is 7.76. The number of halogens is 1. The lowest BCUT2D eigenvalue weighted by Gasteiger charge is -2.34. The van der Waals surface area contributed by atoms with Gasteiger partial charge in [0, 0.05) is 43.2 Å². The number of imide groups is 1. The monoisotopic (exact) mass is 439 g/mol. The highest BCUT2D eigenvalue weighted by atomic mass is 19.1. The number of fused-ring (bicyclic) bond motifs is 2. The van der Waals surface area contributed by atoms with Crippen LogP contribution in [0.4, 0.5) is 4.39 Å². The molecule has 32 heavy (non-hydrogen) atoms. The highest BCUT2D eigenvalue weighted by molar-refractivity contribution is 6.01. The predicted octanol–water partition coefficient (Wildman–Crippen LogP) is 2.11. The summed E-state index contributed by atoms with van der Waals surface area (Å²) in [4.78, 5) is 30.4. The van der Waals surface area contributed by atoms with E-state index < -0.39 is 22.7 Å². The van der Waals surface area contributed by atoms with Crippen LogP contribution in [0.15, 0.2) is 24.4 Å². The SMILES string of the molecule is CC12CN(CC3(O)CC3)CCC1(c1ccc3ncc(C4CCC(=O)NC4=O)cc3c1F)O2. The number of hydrogen-bond donors (Lipinski definition) is 2. The van der Waals surface area contributed by atoms with E-state index in [4.69, 9.17) is 4.74 Å². The van der Waals surface area contributed by atoms with Gasteiger partial charge in [-0.25, -0.2) is 4.39 Å². The number of piperidine rings is 2. The molecule has 6 rings (SSSR count). The van der Waals surface area contributed by atoms with Crippen LogP contribution in [-0.4, -0.2) is 57.6 Å². The molecule has 1 aliphatic carbocycles. The first-order chi connectivity index (χ1) is 15.2. The summed E-state index contributed by atoms with van der Waals surface area (Å²) in [5.74, 6) is -1.51. The minimum Gasteiger partial charge on any atom is -0.389 e. The molecule has 1 aromatic carbocycles. The lowest BCUT2D eigenvalue weighted by atomic mass is 9.80. The van der Waals surface area contributed by atoms with E-state index >= 15 is 4.39 Å². The fourth-order valence-electron chi connectivity index (χ4n) is 5.68. The van der Waals surface area contributed by atoms with Crippen molar-refractivity contribution in [1.82, 2.24) is 15.2 Å². The molecule has 2 amide bonds. The summed E-state index contributed by atoms with van der Waals surface area (Å²) in [6.07, 6.45) is 4.59. The van der Waals surface area contributed by atoms with Crippen LogP contribution in [0.3, 0.4) is 0 Å². The molecule has 0 spiro atoms. The minimum atomic E-state index is -0.682. The number of rotatable bonds is 4. The van der Waals surface area contributed by atoms with E-state index in [1.807, 2.05) is 6.92 Å². The van der Waals surface area contributed by atoms with Gasteiger partial charge >= 0.3 is 0 Å². The molecule has 3 saturated heterocycles. The second-order valence-corrected chi connectivity index (χ2v) is 10.1. The number of pyridine rings is 1. The van der Waals surface area contributed by atoms with E-state index in [2.05, 4.69) is 15.2 Å². The maximum Gasteiger partial charge on any atom is 0.234 e. The summed E-state index contributed by atoms with van der Waals surface area (Å²) in [6.45, 7) is 4.05. The van der Waals surface area contributed by atoms with Crippen LogP contribution >= 0.6 is 0 Å². The number of β-amino-alcohol motifs (C(OH)–C–C–N with tert-alkyl or cyclic N) is 1. The number of ether oxygens (including phenoxy) is 1. The van der Waals surface area contributed by atoms with Gasteiger partial charge < -0.3 is 9.84 Å². The molecule has 2 N–H and O–H groups in total. The second kappa shape index (κ2) is 6.56. The zero-order chi connectivity index (χ0) is 22.3. The highest BCUT2D eigenvalue weighted by Gasteiger charge is 2.70. The Hall–Kier alpha value is -2.42. The molecule has 8 heteroatoms. The van der Waals surface area contributed by atoms with Crippen molar-refractivity contribution in [2.45, 2.75) is 61.7 Å². The molecule has 4 fully saturated rings. The number of carbonyl (C=O) groups is 2. The van der Waals surface area contributed by atoms with Crippen molar-refractivity contribution in [3.63, 3.8) is 0 Å². The van der Waals surface area contributed by atoms with E-state index in [9.17, 15) is 14.7 Å². The van der Waals surface area contributed by atoms with Crippen LogP contribution in [-0.2, 0) is 19.9 Å². The Balaban J connectivity index is 1.31. The first-order valence-corrected chi connectivity index (χ1v) is 11.3. The molecule has 0 bridgehead atoms. The number of likely N-dealkylation sites (tertiary alicyclic amines) is 1. The normalized spacial score (nSPS) is 33.7. The molecular formula is C24H26FN3O4. The molecule has 0 radical (unpaired) electrons. The molecular weight excluding hydrogens is 413 g/mol. The first-order valence-electron chi connectivity index (χ1n) is 11.3. The average molecular weight is 439 g/mol. The Kier molecular flexibility index (Phi) is 4.14. The maximum atomic E-state index is 15.9. The van der Waals surface area contributed by atoms with E-state index in [0.717, 1.165) is 19.4 Å². The number of hydrogen-bond acceptors (Lipinski definition) is 6. The summed E-state index contributed by atoms with van der Waals surface area (Å²) < 4.78 is 22.1. The molecule has 1 aromatic heterocycles. The number of epoxide rings is 1. The van der Waals surface area contributed by atoms with Crippen molar-refractivity contribution >= 4 is 22.7 Å². The van der Waals surface area contributed by atoms with Gasteiger partial charge in [0.15, 0.2) is 0 Å². The Morgan fingerprint density at radius 2 is 2.12 bits per heavy atom. The minimum absolute atomic E-state index is 0.262. The van der Waals surface area contributed by atoms with Crippen molar-refractivity contribution < 1.29 is 23.8 Å². The van der Waals surface area contributed by atoms with Crippen LogP contribution in [0.25, 0.3) is 10.9 Å². The number of aliphatic hydroxyl groups is 1. The molecule has 2 aromatic rings. The molecule has 7 nitrogen and oxygen atoms in total. The zero-order valence-corrected chi connectivity index (χ0v) is 18.0. The van der Waals surface area contributed by atoms with Crippen LogP contribution in [0.5, 0.6) is 0 Å². The van der Waals surface area contributed by atoms with Gasteiger partial charge in [0.1, 0.15) is 17.0 Å². The highest BCUT2D eigenvalue weighted by Crippen LogP contribution is 2.61. The topological polar surface area (TPSA) is 95.1 Å². The van der Waals surface area contributed by atoms with E-state index in [0.29, 0.717) is 48.0 Å². The maximum absolute atomic E-state index is 15.9. The van der Waals surface area contributed by atoms with Crippen LogP contribution < -0.4 is 5.32 Å². The van der Waals surface area contributed by atoms with Crippen molar-refractivity contribution in [2.24, 2.45) is 0 Å². The number of amides is 2. The smallest absolute Gasteiger partial charge is 0.234 e. The molecule has 168 valence electrons.